The SMILES string of the molecule is CC(=O)O[C@@H]1CC[C@]23C(=O)O[C@]4(CC[C@@]2(O)C1)[C@H]3CC[C@@]1(C)[C@H](C(=O)O)CC[C@@H]14. The smallest absolute Gasteiger partial charge is 0.316 e. The minimum atomic E-state index is -1.23. The Bertz CT molecular complexity index is 794. The molecular formula is C22H30O7. The molecule has 1 heterocycles. The Balaban J connectivity index is 1.53. The molecule has 5 rings (SSSR count). The molecule has 0 aromatic carbocycles. The van der Waals surface area contributed by atoms with E-state index in [1.165, 1.54) is 6.92 Å². The largest absolute Gasteiger partial charge is 0.481 e. The lowest BCUT2D eigenvalue weighted by Crippen LogP contribution is -2.67. The van der Waals surface area contributed by atoms with Crippen molar-refractivity contribution in [1.82, 2.24) is 0 Å². The van der Waals surface area contributed by atoms with E-state index >= 15 is 0 Å². The molecule has 5 fully saturated rings. The Kier molecular flexibility index (Phi) is 3.83. The molecule has 0 aromatic rings. The standard InChI is InChI=1S/C22H30O7/c1-12(23)28-13-5-8-21-16-6-7-19(2)14(17(24)25)3-4-15(19)22(16,29-18(21)26)10-9-20(21,27)11-13/h13-16,27H,3-11H2,1-2H3,(H,24,25)/t13-,14+,15+,16+,19+,20-,21+,22+/m1/s1. The summed E-state index contributed by atoms with van der Waals surface area (Å²) in [6.45, 7) is 3.43. The summed E-state index contributed by atoms with van der Waals surface area (Å²) >= 11 is 0. The molecule has 7 heteroatoms. The number of hydrogen-bond acceptors (Lipinski definition) is 6. The molecule has 0 amide bonds. The maximum Gasteiger partial charge on any atom is 0.316 e. The second-order valence-corrected chi connectivity index (χ2v) is 10.4. The van der Waals surface area contributed by atoms with E-state index in [1.54, 1.807) is 0 Å². The number of carboxylic acids is 1. The lowest BCUT2D eigenvalue weighted by atomic mass is 9.42. The lowest BCUT2D eigenvalue weighted by molar-refractivity contribution is -0.219. The summed E-state index contributed by atoms with van der Waals surface area (Å²) in [5.41, 5.74) is -3.22. The van der Waals surface area contributed by atoms with Crippen LogP contribution >= 0.6 is 0 Å². The Labute approximate surface area is 170 Å². The van der Waals surface area contributed by atoms with E-state index in [-0.39, 0.29) is 41.7 Å². The number of hydrogen-bond donors (Lipinski definition) is 2. The van der Waals surface area contributed by atoms with E-state index in [9.17, 15) is 24.6 Å². The van der Waals surface area contributed by atoms with Crippen LogP contribution in [-0.4, -0.2) is 45.4 Å². The van der Waals surface area contributed by atoms with E-state index in [2.05, 4.69) is 6.92 Å². The van der Waals surface area contributed by atoms with Crippen molar-refractivity contribution in [2.24, 2.45) is 28.6 Å². The third-order valence-corrected chi connectivity index (χ3v) is 9.55. The fourth-order valence-electron chi connectivity index (χ4n) is 8.48. The number of fused-ring (bicyclic) bond motifs is 1. The number of aliphatic hydroxyl groups is 1. The molecule has 4 saturated carbocycles. The van der Waals surface area contributed by atoms with E-state index in [0.29, 0.717) is 38.5 Å². The van der Waals surface area contributed by atoms with Gasteiger partial charge >= 0.3 is 17.9 Å². The molecule has 4 aliphatic carbocycles. The highest BCUT2D eigenvalue weighted by atomic mass is 16.6. The molecule has 2 bridgehead atoms. The number of ether oxygens (including phenoxy) is 2. The zero-order chi connectivity index (χ0) is 20.8. The number of carbonyl (C=O) groups excluding carboxylic acids is 2. The average Bonchev–Trinajstić information content (AvgIpc) is 3.07. The molecule has 1 saturated heterocycles. The van der Waals surface area contributed by atoms with Gasteiger partial charge in [0.2, 0.25) is 0 Å². The predicted octanol–water partition coefficient (Wildman–Crippen LogP) is 2.44. The number of rotatable bonds is 2. The molecule has 0 unspecified atom stereocenters. The first-order chi connectivity index (χ1) is 13.6. The Hall–Kier alpha value is -1.63. The van der Waals surface area contributed by atoms with Crippen LogP contribution in [0.15, 0.2) is 0 Å². The summed E-state index contributed by atoms with van der Waals surface area (Å²) < 4.78 is 11.6. The van der Waals surface area contributed by atoms with E-state index < -0.39 is 28.5 Å². The first kappa shape index (κ1) is 19.3. The minimum Gasteiger partial charge on any atom is -0.481 e. The van der Waals surface area contributed by atoms with Crippen LogP contribution < -0.4 is 0 Å². The highest BCUT2D eigenvalue weighted by Crippen LogP contribution is 2.74. The van der Waals surface area contributed by atoms with Gasteiger partial charge in [-0.05, 0) is 56.8 Å². The Morgan fingerprint density at radius 3 is 2.52 bits per heavy atom. The second kappa shape index (κ2) is 5.74. The molecule has 5 aliphatic rings. The van der Waals surface area contributed by atoms with Crippen molar-refractivity contribution >= 4 is 17.9 Å². The summed E-state index contributed by atoms with van der Waals surface area (Å²) in [7, 11) is 0. The van der Waals surface area contributed by atoms with Gasteiger partial charge in [0.1, 0.15) is 17.1 Å². The van der Waals surface area contributed by atoms with Crippen LogP contribution in [0.3, 0.4) is 0 Å². The average molecular weight is 406 g/mol. The van der Waals surface area contributed by atoms with Crippen LogP contribution in [0, 0.1) is 28.6 Å². The summed E-state index contributed by atoms with van der Waals surface area (Å²) in [6, 6.07) is 0. The number of aliphatic carboxylic acids is 1. The lowest BCUT2D eigenvalue weighted by Gasteiger charge is -2.61. The number of carbonyl (C=O) groups is 3. The van der Waals surface area contributed by atoms with Crippen molar-refractivity contribution in [3.05, 3.63) is 0 Å². The zero-order valence-corrected chi connectivity index (χ0v) is 17.1. The zero-order valence-electron chi connectivity index (χ0n) is 17.1. The van der Waals surface area contributed by atoms with E-state index in [4.69, 9.17) is 9.47 Å². The van der Waals surface area contributed by atoms with Crippen molar-refractivity contribution < 1.29 is 34.1 Å². The molecule has 160 valence electrons. The van der Waals surface area contributed by atoms with Crippen molar-refractivity contribution in [1.29, 1.82) is 0 Å². The van der Waals surface area contributed by atoms with Crippen LogP contribution in [0.5, 0.6) is 0 Å². The van der Waals surface area contributed by atoms with Gasteiger partial charge in [0.25, 0.3) is 0 Å². The third-order valence-electron chi connectivity index (χ3n) is 9.55. The fraction of sp³-hybridized carbons (Fsp3) is 0.864. The molecule has 1 aliphatic heterocycles. The van der Waals surface area contributed by atoms with Crippen molar-refractivity contribution in [3.8, 4) is 0 Å². The summed E-state index contributed by atoms with van der Waals surface area (Å²) in [4.78, 5) is 36.7. The van der Waals surface area contributed by atoms with Gasteiger partial charge in [0, 0.05) is 25.2 Å². The topological polar surface area (TPSA) is 110 Å². The van der Waals surface area contributed by atoms with Crippen LogP contribution in [-0.2, 0) is 23.9 Å². The van der Waals surface area contributed by atoms with Gasteiger partial charge in [-0.25, -0.2) is 0 Å². The van der Waals surface area contributed by atoms with Gasteiger partial charge in [-0.3, -0.25) is 14.4 Å². The first-order valence-corrected chi connectivity index (χ1v) is 10.9. The second-order valence-electron chi connectivity index (χ2n) is 10.4. The summed E-state index contributed by atoms with van der Waals surface area (Å²) in [6.07, 6.45) is 4.69. The first-order valence-electron chi connectivity index (χ1n) is 10.9. The molecule has 2 N–H and O–H groups in total. The summed E-state index contributed by atoms with van der Waals surface area (Å²) in [5, 5.41) is 21.5. The van der Waals surface area contributed by atoms with Crippen molar-refractivity contribution in [3.63, 3.8) is 0 Å². The van der Waals surface area contributed by atoms with Crippen LogP contribution in [0.4, 0.5) is 0 Å². The van der Waals surface area contributed by atoms with Crippen LogP contribution in [0.2, 0.25) is 0 Å². The molecule has 29 heavy (non-hydrogen) atoms. The normalized spacial score (nSPS) is 52.7. The molecule has 0 aromatic heterocycles. The van der Waals surface area contributed by atoms with Crippen LogP contribution in [0.1, 0.15) is 71.6 Å². The van der Waals surface area contributed by atoms with E-state index in [1.807, 2.05) is 0 Å². The van der Waals surface area contributed by atoms with Gasteiger partial charge in [-0.1, -0.05) is 6.92 Å². The molecule has 0 radical (unpaired) electrons. The minimum absolute atomic E-state index is 0.0221. The molecular weight excluding hydrogens is 376 g/mol. The number of carboxylic acid groups (broad SMARTS) is 1. The van der Waals surface area contributed by atoms with Gasteiger partial charge in [-0.15, -0.1) is 0 Å². The van der Waals surface area contributed by atoms with Crippen LogP contribution in [0.25, 0.3) is 0 Å². The van der Waals surface area contributed by atoms with Crippen molar-refractivity contribution in [2.75, 3.05) is 0 Å². The molecule has 8 atom stereocenters. The number of esters is 2. The van der Waals surface area contributed by atoms with Gasteiger partial charge in [-0.2, -0.15) is 0 Å². The predicted molar refractivity (Wildman–Crippen MR) is 99.5 cm³/mol. The monoisotopic (exact) mass is 406 g/mol. The maximum atomic E-state index is 13.4. The highest BCUT2D eigenvalue weighted by Gasteiger charge is 2.80. The van der Waals surface area contributed by atoms with Gasteiger partial charge < -0.3 is 19.7 Å². The quantitative estimate of drug-likeness (QED) is 0.678. The highest BCUT2D eigenvalue weighted by molar-refractivity contribution is 5.83. The Morgan fingerprint density at radius 1 is 1.07 bits per heavy atom. The van der Waals surface area contributed by atoms with Gasteiger partial charge in [0.15, 0.2) is 0 Å². The molecule has 7 nitrogen and oxygen atoms in total. The Morgan fingerprint density at radius 2 is 1.83 bits per heavy atom. The fourth-order valence-corrected chi connectivity index (χ4v) is 8.48. The molecule has 1 spiro atoms. The van der Waals surface area contributed by atoms with E-state index in [0.717, 1.165) is 12.8 Å². The van der Waals surface area contributed by atoms with Crippen molar-refractivity contribution in [2.45, 2.75) is 88.9 Å². The third kappa shape index (κ3) is 2.15. The van der Waals surface area contributed by atoms with Gasteiger partial charge in [0.05, 0.1) is 11.5 Å². The summed E-state index contributed by atoms with van der Waals surface area (Å²) in [5.74, 6) is -1.91. The maximum absolute atomic E-state index is 13.4.